The monoisotopic (exact) mass is 1680 g/mol. The van der Waals surface area contributed by atoms with Crippen LogP contribution in [-0.4, -0.2) is 182 Å². The molecule has 38 heteroatoms. The zero-order valence-electron chi connectivity index (χ0n) is 65.5. The van der Waals surface area contributed by atoms with Gasteiger partial charge in [-0.2, -0.15) is 23.7 Å². The predicted molar refractivity (Wildman–Crippen MR) is 423 cm³/mol. The van der Waals surface area contributed by atoms with Gasteiger partial charge in [-0.15, -0.1) is 43.1 Å². The molecule has 10 heterocycles. The number of carboxylic acids is 2. The van der Waals surface area contributed by atoms with Gasteiger partial charge < -0.3 is 30.7 Å². The number of hydrogen-bond acceptors (Lipinski definition) is 26. The molecule has 9 amide bonds. The molecule has 622 valence electrons. The van der Waals surface area contributed by atoms with Crippen LogP contribution in [0.3, 0.4) is 0 Å². The molecule has 2 unspecified atom stereocenters. The SMILES string of the molecule is Cc1sc2c(c1C)C(c1ccc(C#N)cc1)=N[C@@H](CC(=O)NCCCCCC(=O)COc1cccc3c1C(=O)N(C1CCC(=O)NC1=O)C3=O)c1nnc(C)n1-2.Cc1sc2c(c1C)C(c1ccc(C#N)cc1)=N[C@@H](CC(=O)O)c1nnc(C)n1-2.NCCCCCC(=O)COc1cccc2c1C(=O)N(C1CCC(=O)NC1=O)C2=O.O=C(O)C(F)(F)F. The number of aryl methyl sites for hydroxylation is 4. The minimum atomic E-state index is -5.08. The first-order valence-electron chi connectivity index (χ1n) is 37.9. The van der Waals surface area contributed by atoms with Crippen LogP contribution in [0.15, 0.2) is 94.9 Å². The number of Topliss-reactive ketones (excluding diaryl/α,β-unsaturated/α-hetero) is 2. The Morgan fingerprint density at radius 1 is 0.558 bits per heavy atom. The lowest BCUT2D eigenvalue weighted by Crippen LogP contribution is -2.54. The van der Waals surface area contributed by atoms with Crippen molar-refractivity contribution >= 4 is 111 Å². The molecule has 4 atom stereocenters. The predicted octanol–water partition coefficient (Wildman–Crippen LogP) is 8.81. The van der Waals surface area contributed by atoms with Crippen LogP contribution in [0.1, 0.15) is 221 Å². The molecule has 4 aromatic carbocycles. The fourth-order valence-corrected chi connectivity index (χ4v) is 16.5. The highest BCUT2D eigenvalue weighted by atomic mass is 32.1. The smallest absolute Gasteiger partial charge is 0.485 e. The molecule has 7 N–H and O–H groups in total. The van der Waals surface area contributed by atoms with Crippen molar-refractivity contribution < 1.29 is 95.2 Å². The lowest BCUT2D eigenvalue weighted by molar-refractivity contribution is -0.192. The van der Waals surface area contributed by atoms with Gasteiger partial charge in [0.05, 0.1) is 69.8 Å². The van der Waals surface area contributed by atoms with Crippen molar-refractivity contribution in [1.29, 1.82) is 10.5 Å². The van der Waals surface area contributed by atoms with E-state index < -0.39 is 89.5 Å². The lowest BCUT2D eigenvalue weighted by atomic mass is 9.99. The van der Waals surface area contributed by atoms with E-state index in [1.807, 2.05) is 54.2 Å². The highest BCUT2D eigenvalue weighted by Gasteiger charge is 2.48. The van der Waals surface area contributed by atoms with E-state index in [-0.39, 0.29) is 109 Å². The summed E-state index contributed by atoms with van der Waals surface area (Å²) in [5.74, 6) is -6.43. The Morgan fingerprint density at radius 2 is 0.967 bits per heavy atom. The Hall–Kier alpha value is -13.5. The van der Waals surface area contributed by atoms with E-state index in [0.29, 0.717) is 79.6 Å². The first-order chi connectivity index (χ1) is 57.2. The number of benzene rings is 4. The fourth-order valence-electron chi connectivity index (χ4n) is 14.0. The van der Waals surface area contributed by atoms with Gasteiger partial charge in [-0.3, -0.25) is 97.1 Å². The number of aromatic nitrogens is 6. The molecule has 14 rings (SSSR count). The number of aliphatic imine (C=N–C) groups is 2. The van der Waals surface area contributed by atoms with Gasteiger partial charge in [-0.1, -0.05) is 49.2 Å². The summed E-state index contributed by atoms with van der Waals surface area (Å²) in [6, 6.07) is 24.3. The molecule has 0 radical (unpaired) electrons. The molecule has 0 bridgehead atoms. The van der Waals surface area contributed by atoms with Gasteiger partial charge in [-0.25, -0.2) is 4.79 Å². The molecule has 4 aromatic heterocycles. The number of hydrogen-bond donors (Lipinski definition) is 6. The topological polar surface area (TPSA) is 483 Å². The number of halogens is 3. The van der Waals surface area contributed by atoms with Crippen LogP contribution in [0, 0.1) is 64.2 Å². The van der Waals surface area contributed by atoms with Crippen LogP contribution >= 0.6 is 22.7 Å². The molecule has 6 aliphatic rings. The Balaban J connectivity index is 0.000000184. The summed E-state index contributed by atoms with van der Waals surface area (Å²) in [6.07, 6.45) is -0.208. The van der Waals surface area contributed by atoms with Crippen LogP contribution in [0.4, 0.5) is 13.2 Å². The second kappa shape index (κ2) is 37.9. The fraction of sp³-hybridized carbons (Fsp3) is 0.354. The average molecular weight is 1680 g/mol. The number of amides is 9. The number of alkyl halides is 3. The molecule has 2 saturated heterocycles. The van der Waals surface area contributed by atoms with E-state index >= 15 is 0 Å². The zero-order chi connectivity index (χ0) is 86.7. The molecule has 2 fully saturated rings. The third-order valence-electron chi connectivity index (χ3n) is 20.3. The summed E-state index contributed by atoms with van der Waals surface area (Å²) in [4.78, 5) is 172. The van der Waals surface area contributed by atoms with Crippen LogP contribution in [0.2, 0.25) is 0 Å². The van der Waals surface area contributed by atoms with Gasteiger partial charge in [0.1, 0.15) is 70.5 Å². The Morgan fingerprint density at radius 3 is 1.35 bits per heavy atom. The molecule has 33 nitrogen and oxygen atoms in total. The number of nitrogens with one attached hydrogen (secondary N) is 3. The van der Waals surface area contributed by atoms with Gasteiger partial charge in [0.25, 0.3) is 23.6 Å². The maximum Gasteiger partial charge on any atom is 0.490 e. The number of carbonyl (C=O) groups excluding carboxylic acids is 11. The molecular weight excluding hydrogens is 1600 g/mol. The van der Waals surface area contributed by atoms with Gasteiger partial charge in [0, 0.05) is 64.2 Å². The average Bonchev–Trinajstić information content (AvgIpc) is 1.61. The number of nitrogens with two attached hydrogens (primary N) is 1. The molecule has 8 aromatic rings. The van der Waals surface area contributed by atoms with E-state index in [2.05, 4.69) is 69.3 Å². The number of rotatable bonds is 25. The first-order valence-corrected chi connectivity index (χ1v) is 39.6. The normalized spacial score (nSPS) is 16.8. The third kappa shape index (κ3) is 19.2. The highest BCUT2D eigenvalue weighted by molar-refractivity contribution is 7.15. The highest BCUT2D eigenvalue weighted by Crippen LogP contribution is 2.43. The quantitative estimate of drug-likeness (QED) is 0.0230. The third-order valence-corrected chi connectivity index (χ3v) is 22.7. The molecule has 0 aliphatic carbocycles. The second-order valence-electron chi connectivity index (χ2n) is 28.4. The van der Waals surface area contributed by atoms with E-state index in [1.54, 1.807) is 53.0 Å². The molecule has 0 saturated carbocycles. The number of carbonyl (C=O) groups is 13. The number of imide groups is 4. The number of unbranched alkanes of at least 4 members (excludes halogenated alkanes) is 4. The Kier molecular flexibility index (Phi) is 27.6. The van der Waals surface area contributed by atoms with E-state index in [1.165, 1.54) is 30.3 Å². The van der Waals surface area contributed by atoms with Crippen molar-refractivity contribution in [2.75, 3.05) is 26.3 Å². The summed E-state index contributed by atoms with van der Waals surface area (Å²) < 4.78 is 46.9. The number of carboxylic acid groups (broad SMARTS) is 2. The number of ketones is 2. The minimum Gasteiger partial charge on any atom is -0.485 e. The summed E-state index contributed by atoms with van der Waals surface area (Å²) in [5.41, 5.74) is 14.0. The van der Waals surface area contributed by atoms with Gasteiger partial charge in [0.2, 0.25) is 29.5 Å². The van der Waals surface area contributed by atoms with Crippen molar-refractivity contribution in [2.24, 2.45) is 15.7 Å². The Bertz CT molecular complexity index is 5630. The number of ether oxygens (including phenoxy) is 2. The molecular formula is C82H79F3N16O17S2. The molecule has 0 spiro atoms. The maximum absolute atomic E-state index is 13.3. The summed E-state index contributed by atoms with van der Waals surface area (Å²) in [7, 11) is 0. The summed E-state index contributed by atoms with van der Waals surface area (Å²) >= 11 is 3.24. The summed E-state index contributed by atoms with van der Waals surface area (Å²) in [5, 5.41) is 61.4. The van der Waals surface area contributed by atoms with Crippen molar-refractivity contribution in [3.05, 3.63) is 185 Å². The zero-order valence-corrected chi connectivity index (χ0v) is 67.2. The van der Waals surface area contributed by atoms with Crippen LogP contribution in [0.5, 0.6) is 11.5 Å². The number of fused-ring (bicyclic) bond motifs is 8. The first kappa shape index (κ1) is 87.4. The van der Waals surface area contributed by atoms with Crippen LogP contribution in [-0.2, 0) is 43.2 Å². The minimum absolute atomic E-state index is 0.00727. The van der Waals surface area contributed by atoms with Gasteiger partial charge >= 0.3 is 18.1 Å². The van der Waals surface area contributed by atoms with Gasteiger partial charge in [0.15, 0.2) is 23.2 Å². The van der Waals surface area contributed by atoms with Gasteiger partial charge in [-0.05, 0) is 146 Å². The van der Waals surface area contributed by atoms with Crippen LogP contribution < -0.4 is 31.2 Å². The largest absolute Gasteiger partial charge is 0.490 e. The van der Waals surface area contributed by atoms with E-state index in [0.717, 1.165) is 87.2 Å². The Labute approximate surface area is 690 Å². The maximum atomic E-state index is 13.3. The number of aliphatic carboxylic acids is 2. The van der Waals surface area contributed by atoms with Crippen molar-refractivity contribution in [2.45, 2.75) is 162 Å². The number of piperidine rings is 2. The number of nitrogens with zero attached hydrogens (tertiary/aromatic N) is 12. The van der Waals surface area contributed by atoms with E-state index in [4.69, 9.17) is 40.4 Å². The number of nitriles is 2. The second-order valence-corrected chi connectivity index (χ2v) is 30.9. The lowest BCUT2D eigenvalue weighted by Gasteiger charge is -2.27. The van der Waals surface area contributed by atoms with Crippen molar-refractivity contribution in [3.63, 3.8) is 0 Å². The van der Waals surface area contributed by atoms with Crippen molar-refractivity contribution in [1.82, 2.24) is 55.3 Å². The number of thiophene rings is 2. The van der Waals surface area contributed by atoms with E-state index in [9.17, 15) is 81.1 Å². The van der Waals surface area contributed by atoms with Crippen molar-refractivity contribution in [3.8, 4) is 33.6 Å². The standard InChI is InChI=1S/C40H38N8O7S.C20H17N5O2S.C20H23N3O6.C2HF3O2/c1-21-22(2)56-40-33(21)35(25-13-11-24(19-41)12-14-25)43-28(36-46-45-23(3)47(36)40)18-32(51)42-17-6-4-5-8-26(49)20-55-30-10-7-9-27-34(30)39(54)48(38(27)53)29-15-16-31(50)44-37(29)52;1-10-11(2)28-20-17(10)18(14-6-4-13(9-21)5-7-14)22-15(8-16(26)27)19-24-23-12(3)25(19)20;21-10-3-1-2-5-12(24)11-29-15-7-4-6-13-17(15)20(28)23(19(13)27)14-8-9-16(25)22-18(14)26;3-2(4,5)1(6)7/h7,9-14,28-29H,4-6,8,15-18,20H2,1-3H3,(H,42,51)(H,44,50,52);4-7,15H,8H2,1-3H3,(H,26,27);4,6-7,14H,1-3,5,8-11,21H2,(H,22,25,26);(H,6,7)/t28-,29?;15-;;/m00../s1. The molecule has 120 heavy (non-hydrogen) atoms. The van der Waals surface area contributed by atoms with Crippen LogP contribution in [0.25, 0.3) is 10.0 Å². The molecule has 6 aliphatic heterocycles. The summed E-state index contributed by atoms with van der Waals surface area (Å²) in [6.45, 7) is 12.4.